The Kier molecular flexibility index (Phi) is 7.28. The molecule has 1 aliphatic heterocycles. The summed E-state index contributed by atoms with van der Waals surface area (Å²) in [4.78, 5) is 11.6. The van der Waals surface area contributed by atoms with Gasteiger partial charge in [0, 0.05) is 36.8 Å². The Morgan fingerprint density at radius 3 is 2.32 bits per heavy atom. The van der Waals surface area contributed by atoms with Gasteiger partial charge in [-0.25, -0.2) is 9.97 Å². The Hall–Kier alpha value is -1.87. The second-order valence-electron chi connectivity index (χ2n) is 7.67. The fourth-order valence-corrected chi connectivity index (χ4v) is 4.19. The molecule has 0 radical (unpaired) electrons. The van der Waals surface area contributed by atoms with Gasteiger partial charge >= 0.3 is 0 Å². The molecule has 2 heterocycles. The molecular weight excluding hydrogens is 393 g/mol. The van der Waals surface area contributed by atoms with E-state index in [2.05, 4.69) is 39.1 Å². The molecule has 1 aliphatic carbocycles. The summed E-state index contributed by atoms with van der Waals surface area (Å²) < 4.78 is 0. The van der Waals surface area contributed by atoms with Crippen LogP contribution in [0.4, 0.5) is 5.82 Å². The average Bonchev–Trinajstić information content (AvgIpc) is 2.66. The molecule has 1 saturated carbocycles. The lowest BCUT2D eigenvalue weighted by molar-refractivity contribution is 0.344. The highest BCUT2D eigenvalue weighted by Crippen LogP contribution is 2.38. The second-order valence-corrected chi connectivity index (χ2v) is 7.67. The molecule has 0 bridgehead atoms. The van der Waals surface area contributed by atoms with Gasteiger partial charge in [-0.2, -0.15) is 5.26 Å². The molecule has 4 rings (SSSR count). The maximum Gasteiger partial charge on any atom is 0.132 e. The van der Waals surface area contributed by atoms with Gasteiger partial charge in [-0.3, -0.25) is 0 Å². The maximum atomic E-state index is 9.87. The van der Waals surface area contributed by atoms with E-state index in [1.807, 2.05) is 25.1 Å². The minimum atomic E-state index is -0.386. The number of rotatable bonds is 3. The molecule has 2 fully saturated rings. The predicted octanol–water partition coefficient (Wildman–Crippen LogP) is 3.90. The molecule has 1 aromatic carbocycles. The van der Waals surface area contributed by atoms with Crippen molar-refractivity contribution in [2.24, 2.45) is 5.73 Å². The second kappa shape index (κ2) is 9.09. The molecule has 0 atom stereocenters. The van der Waals surface area contributed by atoms with E-state index in [4.69, 9.17) is 5.73 Å². The van der Waals surface area contributed by atoms with Crippen molar-refractivity contribution in [2.45, 2.75) is 50.0 Å². The van der Waals surface area contributed by atoms with Crippen molar-refractivity contribution in [1.29, 1.82) is 5.26 Å². The Bertz CT molecular complexity index is 822. The maximum absolute atomic E-state index is 9.87. The van der Waals surface area contributed by atoms with Crippen molar-refractivity contribution in [3.63, 3.8) is 0 Å². The van der Waals surface area contributed by atoms with Gasteiger partial charge in [0.25, 0.3) is 0 Å². The number of aromatic nitrogens is 2. The van der Waals surface area contributed by atoms with Crippen LogP contribution in [-0.2, 0) is 5.41 Å². The van der Waals surface area contributed by atoms with Crippen molar-refractivity contribution < 1.29 is 0 Å². The minimum Gasteiger partial charge on any atom is -0.356 e. The molecule has 5 nitrogen and oxygen atoms in total. The summed E-state index contributed by atoms with van der Waals surface area (Å²) in [6, 6.07) is 15.2. The molecule has 2 aliphatic rings. The van der Waals surface area contributed by atoms with Crippen LogP contribution < -0.4 is 10.6 Å². The number of hydrogen-bond acceptors (Lipinski definition) is 5. The van der Waals surface area contributed by atoms with Gasteiger partial charge < -0.3 is 10.6 Å². The third-order valence-electron chi connectivity index (χ3n) is 5.92. The van der Waals surface area contributed by atoms with Crippen molar-refractivity contribution in [3.8, 4) is 6.07 Å². The van der Waals surface area contributed by atoms with E-state index >= 15 is 0 Å². The Balaban J connectivity index is 0.00000140. The zero-order valence-corrected chi connectivity index (χ0v) is 17.7. The number of hydrogen-bond donors (Lipinski definition) is 1. The van der Waals surface area contributed by atoms with Crippen molar-refractivity contribution in [2.75, 3.05) is 18.0 Å². The van der Waals surface area contributed by atoms with E-state index in [1.54, 1.807) is 0 Å². The number of aryl methyl sites for hydroxylation is 1. The third kappa shape index (κ3) is 4.25. The Morgan fingerprint density at radius 2 is 1.75 bits per heavy atom. The summed E-state index contributed by atoms with van der Waals surface area (Å²) >= 11 is 0. The van der Waals surface area contributed by atoms with E-state index in [9.17, 15) is 5.26 Å². The molecule has 0 amide bonds. The first-order chi connectivity index (χ1) is 12.6. The van der Waals surface area contributed by atoms with Gasteiger partial charge in [0.15, 0.2) is 0 Å². The Morgan fingerprint density at radius 1 is 1.11 bits per heavy atom. The fraction of sp³-hybridized carbons (Fsp3) is 0.476. The zero-order valence-electron chi connectivity index (χ0n) is 16.0. The molecule has 0 unspecified atom stereocenters. The lowest BCUT2D eigenvalue weighted by Crippen LogP contribution is -2.42. The van der Waals surface area contributed by atoms with E-state index in [0.29, 0.717) is 12.0 Å². The largest absolute Gasteiger partial charge is 0.356 e. The predicted molar refractivity (Wildman–Crippen MR) is 116 cm³/mol. The molecule has 1 saturated heterocycles. The lowest BCUT2D eigenvalue weighted by Gasteiger charge is -2.39. The molecule has 1 aromatic heterocycles. The standard InChI is InChI=1S/C21H25N5.2ClH/c1-15-24-19(16-11-18(23)12-16)13-20(25-15)26-9-7-21(14-22,8-10-26)17-5-3-2-4-6-17;;/h2-6,13,16,18H,7-12,23H2,1H3;2*1H. The van der Waals surface area contributed by atoms with Gasteiger partial charge in [-0.05, 0) is 38.2 Å². The normalized spacial score (nSPS) is 22.8. The topological polar surface area (TPSA) is 78.8 Å². The summed E-state index contributed by atoms with van der Waals surface area (Å²) in [5, 5.41) is 9.87. The fourth-order valence-electron chi connectivity index (χ4n) is 4.19. The first-order valence-electron chi connectivity index (χ1n) is 9.42. The molecule has 2 aromatic rings. The highest BCUT2D eigenvalue weighted by atomic mass is 35.5. The number of nitrogens with zero attached hydrogens (tertiary/aromatic N) is 4. The number of benzene rings is 1. The first kappa shape index (κ1) is 22.4. The van der Waals surface area contributed by atoms with Gasteiger partial charge in [0.1, 0.15) is 11.6 Å². The van der Waals surface area contributed by atoms with E-state index < -0.39 is 0 Å². The number of nitrogens with two attached hydrogens (primary N) is 1. The lowest BCUT2D eigenvalue weighted by atomic mass is 9.74. The van der Waals surface area contributed by atoms with Gasteiger partial charge in [-0.1, -0.05) is 30.3 Å². The van der Waals surface area contributed by atoms with Crippen LogP contribution >= 0.6 is 24.8 Å². The Labute approximate surface area is 179 Å². The molecule has 28 heavy (non-hydrogen) atoms. The van der Waals surface area contributed by atoms with Crippen LogP contribution in [0.3, 0.4) is 0 Å². The summed E-state index contributed by atoms with van der Waals surface area (Å²) in [6.45, 7) is 3.63. The molecular formula is C21H27Cl2N5. The van der Waals surface area contributed by atoms with E-state index in [-0.39, 0.29) is 30.2 Å². The van der Waals surface area contributed by atoms with Crippen LogP contribution in [0, 0.1) is 18.3 Å². The summed E-state index contributed by atoms with van der Waals surface area (Å²) in [5.41, 5.74) is 7.81. The van der Waals surface area contributed by atoms with Gasteiger partial charge in [0.2, 0.25) is 0 Å². The molecule has 2 N–H and O–H groups in total. The monoisotopic (exact) mass is 419 g/mol. The van der Waals surface area contributed by atoms with Crippen molar-refractivity contribution in [3.05, 3.63) is 53.5 Å². The van der Waals surface area contributed by atoms with Gasteiger partial charge in [0.05, 0.1) is 11.5 Å². The van der Waals surface area contributed by atoms with Crippen LogP contribution in [0.5, 0.6) is 0 Å². The average molecular weight is 420 g/mol. The molecule has 7 heteroatoms. The van der Waals surface area contributed by atoms with Crippen LogP contribution in [0.2, 0.25) is 0 Å². The highest BCUT2D eigenvalue weighted by Gasteiger charge is 2.37. The summed E-state index contributed by atoms with van der Waals surface area (Å²) in [5.74, 6) is 2.28. The first-order valence-corrected chi connectivity index (χ1v) is 9.42. The molecule has 150 valence electrons. The minimum absolute atomic E-state index is 0. The van der Waals surface area contributed by atoms with Crippen molar-refractivity contribution in [1.82, 2.24) is 9.97 Å². The number of nitriles is 1. The zero-order chi connectivity index (χ0) is 18.1. The highest BCUT2D eigenvalue weighted by molar-refractivity contribution is 5.85. The quantitative estimate of drug-likeness (QED) is 0.815. The van der Waals surface area contributed by atoms with Crippen LogP contribution in [0.1, 0.15) is 48.7 Å². The number of anilines is 1. The number of piperidine rings is 1. The van der Waals surface area contributed by atoms with Crippen LogP contribution in [-0.4, -0.2) is 29.1 Å². The SMILES string of the molecule is Cc1nc(C2CC(N)C2)cc(N2CCC(C#N)(c3ccccc3)CC2)n1.Cl.Cl. The third-order valence-corrected chi connectivity index (χ3v) is 5.92. The summed E-state index contributed by atoms with van der Waals surface area (Å²) in [6.07, 6.45) is 3.67. The smallest absolute Gasteiger partial charge is 0.132 e. The van der Waals surface area contributed by atoms with Crippen LogP contribution in [0.15, 0.2) is 36.4 Å². The van der Waals surface area contributed by atoms with E-state index in [1.165, 1.54) is 0 Å². The van der Waals surface area contributed by atoms with E-state index in [0.717, 1.165) is 61.7 Å². The number of halogens is 2. The molecule has 0 spiro atoms. The summed E-state index contributed by atoms with van der Waals surface area (Å²) in [7, 11) is 0. The van der Waals surface area contributed by atoms with Crippen LogP contribution in [0.25, 0.3) is 0 Å². The van der Waals surface area contributed by atoms with Gasteiger partial charge in [-0.15, -0.1) is 24.8 Å². The van der Waals surface area contributed by atoms with Crippen molar-refractivity contribution >= 4 is 30.6 Å².